The summed E-state index contributed by atoms with van der Waals surface area (Å²) < 4.78 is 50.2. The van der Waals surface area contributed by atoms with Crippen molar-refractivity contribution in [1.29, 1.82) is 0 Å². The lowest BCUT2D eigenvalue weighted by molar-refractivity contribution is -0.117. The number of carboxylic acids is 1. The van der Waals surface area contributed by atoms with Crippen molar-refractivity contribution in [3.8, 4) is 17.1 Å². The zero-order valence-electron chi connectivity index (χ0n) is 29.1. The van der Waals surface area contributed by atoms with Crippen molar-refractivity contribution in [2.45, 2.75) is 76.5 Å². The molecule has 1 amide bonds. The number of carbonyl (C=O) groups excluding carboxylic acids is 1. The van der Waals surface area contributed by atoms with Crippen LogP contribution in [0.3, 0.4) is 0 Å². The Bertz CT molecular complexity index is 2070. The van der Waals surface area contributed by atoms with E-state index in [-0.39, 0.29) is 30.2 Å². The molecule has 3 aromatic carbocycles. The van der Waals surface area contributed by atoms with E-state index >= 15 is 4.39 Å². The topological polar surface area (TPSA) is 125 Å². The number of hydrogen-bond donors (Lipinski definition) is 1. The summed E-state index contributed by atoms with van der Waals surface area (Å²) in [7, 11) is -1.67. The Morgan fingerprint density at radius 3 is 2.41 bits per heavy atom. The number of benzene rings is 3. The number of hydrogen-bond acceptors (Lipinski definition) is 7. The quantitative estimate of drug-likeness (QED) is 0.194. The van der Waals surface area contributed by atoms with Gasteiger partial charge in [0.1, 0.15) is 24.0 Å². The molecular formula is C38H44FN5O6S. The maximum absolute atomic E-state index is 16.1. The number of piperidine rings is 1. The van der Waals surface area contributed by atoms with Crippen molar-refractivity contribution in [1.82, 2.24) is 13.9 Å². The van der Waals surface area contributed by atoms with Crippen LogP contribution in [-0.4, -0.2) is 78.2 Å². The van der Waals surface area contributed by atoms with Gasteiger partial charge in [-0.15, -0.1) is 0 Å². The monoisotopic (exact) mass is 717 g/mol. The van der Waals surface area contributed by atoms with Gasteiger partial charge in [0.15, 0.2) is 0 Å². The molecule has 0 radical (unpaired) electrons. The van der Waals surface area contributed by atoms with E-state index in [4.69, 9.17) is 9.72 Å². The van der Waals surface area contributed by atoms with Crippen LogP contribution in [0.5, 0.6) is 5.75 Å². The van der Waals surface area contributed by atoms with Crippen LogP contribution in [-0.2, 0) is 21.4 Å². The average Bonchev–Trinajstić information content (AvgIpc) is 3.73. The molecule has 13 heteroatoms. The van der Waals surface area contributed by atoms with E-state index in [0.29, 0.717) is 61.6 Å². The van der Waals surface area contributed by atoms with Crippen LogP contribution in [0.1, 0.15) is 79.8 Å². The molecule has 1 saturated carbocycles. The Kier molecular flexibility index (Phi) is 9.77. The standard InChI is InChI=1S/C38H44FN5O6S/c1-41(51(2,48)49)27-16-19-42(20-17-27)34-15-11-29(43-18-6-9-36(43)45)21-26(34)24-50-30-12-13-31(32(39)23-30)37-40-33-22-25(38(46)47)10-14-35(33)44(37)28-7-4-3-5-8-28/h10-15,21-23,27-28H,3-9,16-20,24H2,1-2H3,(H,46,47). The number of sulfonamides is 1. The zero-order valence-corrected chi connectivity index (χ0v) is 29.9. The largest absolute Gasteiger partial charge is 0.489 e. The highest BCUT2D eigenvalue weighted by molar-refractivity contribution is 7.88. The summed E-state index contributed by atoms with van der Waals surface area (Å²) in [5.74, 6) is -0.643. The van der Waals surface area contributed by atoms with Crippen molar-refractivity contribution < 1.29 is 32.2 Å². The SMILES string of the molecule is CN(C1CCN(c2ccc(N3CCCC3=O)cc2COc2ccc(-c3nc4cc(C(=O)O)ccc4n3C3CCCCC3)c(F)c2)CC1)S(C)(=O)=O. The van der Waals surface area contributed by atoms with Gasteiger partial charge in [-0.2, -0.15) is 0 Å². The van der Waals surface area contributed by atoms with E-state index in [2.05, 4.69) is 9.47 Å². The summed E-state index contributed by atoms with van der Waals surface area (Å²) in [5.41, 5.74) is 4.34. The smallest absolute Gasteiger partial charge is 0.335 e. The molecule has 1 N–H and O–H groups in total. The average molecular weight is 718 g/mol. The lowest BCUT2D eigenvalue weighted by atomic mass is 9.94. The van der Waals surface area contributed by atoms with E-state index < -0.39 is 21.8 Å². The van der Waals surface area contributed by atoms with Gasteiger partial charge in [0.2, 0.25) is 15.9 Å². The molecule has 0 spiro atoms. The molecule has 0 atom stereocenters. The molecule has 270 valence electrons. The second-order valence-electron chi connectivity index (χ2n) is 14.0. The van der Waals surface area contributed by atoms with E-state index in [9.17, 15) is 23.1 Å². The lowest BCUT2D eigenvalue weighted by Crippen LogP contribution is -2.45. The Morgan fingerprint density at radius 1 is 0.980 bits per heavy atom. The zero-order chi connectivity index (χ0) is 35.9. The number of nitrogens with zero attached hydrogens (tertiary/aromatic N) is 5. The molecule has 3 aliphatic rings. The number of fused-ring (bicyclic) bond motifs is 1. The van der Waals surface area contributed by atoms with Crippen molar-refractivity contribution in [3.63, 3.8) is 0 Å². The highest BCUT2D eigenvalue weighted by Crippen LogP contribution is 2.38. The number of imidazole rings is 1. The Hall–Kier alpha value is -4.49. The molecule has 2 saturated heterocycles. The van der Waals surface area contributed by atoms with Gasteiger partial charge in [0, 0.05) is 68.2 Å². The first-order valence-corrected chi connectivity index (χ1v) is 19.6. The fourth-order valence-corrected chi connectivity index (χ4v) is 8.64. The Balaban J connectivity index is 1.16. The minimum atomic E-state index is -3.30. The fraction of sp³-hybridized carbons (Fsp3) is 0.447. The normalized spacial score (nSPS) is 17.9. The number of ether oxygens (including phenoxy) is 1. The van der Waals surface area contributed by atoms with Crippen LogP contribution < -0.4 is 14.5 Å². The molecule has 1 aliphatic carbocycles. The molecule has 0 bridgehead atoms. The lowest BCUT2D eigenvalue weighted by Gasteiger charge is -2.37. The van der Waals surface area contributed by atoms with E-state index in [1.165, 1.54) is 16.6 Å². The highest BCUT2D eigenvalue weighted by Gasteiger charge is 2.30. The minimum absolute atomic E-state index is 0.0790. The summed E-state index contributed by atoms with van der Waals surface area (Å²) in [6.07, 6.45) is 9.06. The van der Waals surface area contributed by atoms with Gasteiger partial charge in [-0.3, -0.25) is 4.79 Å². The first kappa shape index (κ1) is 34.9. The van der Waals surface area contributed by atoms with Crippen molar-refractivity contribution in [2.75, 3.05) is 42.7 Å². The second-order valence-corrected chi connectivity index (χ2v) is 16.0. The van der Waals surface area contributed by atoms with Gasteiger partial charge < -0.3 is 24.2 Å². The highest BCUT2D eigenvalue weighted by atomic mass is 32.2. The first-order valence-electron chi connectivity index (χ1n) is 17.8. The predicted molar refractivity (Wildman–Crippen MR) is 194 cm³/mol. The van der Waals surface area contributed by atoms with E-state index in [1.807, 2.05) is 18.2 Å². The van der Waals surface area contributed by atoms with Crippen LogP contribution in [0.4, 0.5) is 15.8 Å². The summed E-state index contributed by atoms with van der Waals surface area (Å²) in [4.78, 5) is 33.1. The van der Waals surface area contributed by atoms with E-state index in [0.717, 1.165) is 61.0 Å². The van der Waals surface area contributed by atoms with Crippen LogP contribution in [0.25, 0.3) is 22.4 Å². The number of rotatable bonds is 10. The Labute approximate surface area is 297 Å². The number of amides is 1. The van der Waals surface area contributed by atoms with Crippen LogP contribution in [0.2, 0.25) is 0 Å². The number of carboxylic acid groups (broad SMARTS) is 1. The summed E-state index contributed by atoms with van der Waals surface area (Å²) in [6, 6.07) is 15.6. The van der Waals surface area contributed by atoms with Crippen molar-refractivity contribution in [2.24, 2.45) is 0 Å². The molecule has 3 fully saturated rings. The number of aromatic nitrogens is 2. The summed E-state index contributed by atoms with van der Waals surface area (Å²) >= 11 is 0. The minimum Gasteiger partial charge on any atom is -0.489 e. The first-order chi connectivity index (χ1) is 24.5. The van der Waals surface area contributed by atoms with Crippen LogP contribution in [0, 0.1) is 5.82 Å². The molecule has 4 aromatic rings. The van der Waals surface area contributed by atoms with Crippen molar-refractivity contribution in [3.05, 3.63) is 71.5 Å². The maximum atomic E-state index is 16.1. The molecule has 11 nitrogen and oxygen atoms in total. The number of carbonyl (C=O) groups is 2. The molecule has 3 heterocycles. The third-order valence-corrected chi connectivity index (χ3v) is 12.1. The molecule has 0 unspecified atom stereocenters. The third-order valence-electron chi connectivity index (χ3n) is 10.7. The fourth-order valence-electron chi connectivity index (χ4n) is 7.88. The van der Waals surface area contributed by atoms with Gasteiger partial charge in [-0.1, -0.05) is 19.3 Å². The maximum Gasteiger partial charge on any atom is 0.335 e. The number of anilines is 2. The molecule has 2 aliphatic heterocycles. The number of halogens is 1. The second kappa shape index (κ2) is 14.3. The van der Waals surface area contributed by atoms with Crippen molar-refractivity contribution >= 4 is 44.3 Å². The van der Waals surface area contributed by atoms with E-state index in [1.54, 1.807) is 42.3 Å². The predicted octanol–water partition coefficient (Wildman–Crippen LogP) is 6.61. The molecular weight excluding hydrogens is 674 g/mol. The summed E-state index contributed by atoms with van der Waals surface area (Å²) in [5, 5.41) is 9.57. The van der Waals surface area contributed by atoms with Gasteiger partial charge in [0.25, 0.3) is 0 Å². The molecule has 7 rings (SSSR count). The van der Waals surface area contributed by atoms with Gasteiger partial charge in [-0.25, -0.2) is 26.9 Å². The molecule has 1 aromatic heterocycles. The van der Waals surface area contributed by atoms with Gasteiger partial charge in [-0.05, 0) is 80.6 Å². The summed E-state index contributed by atoms with van der Waals surface area (Å²) in [6.45, 7) is 2.08. The van der Waals surface area contributed by atoms with Gasteiger partial charge >= 0.3 is 5.97 Å². The van der Waals surface area contributed by atoms with Crippen LogP contribution in [0.15, 0.2) is 54.6 Å². The van der Waals surface area contributed by atoms with Gasteiger partial charge in [0.05, 0.1) is 28.4 Å². The van der Waals surface area contributed by atoms with Crippen LogP contribution >= 0.6 is 0 Å². The third kappa shape index (κ3) is 7.18. The Morgan fingerprint density at radius 2 is 1.75 bits per heavy atom. The number of aromatic carboxylic acids is 1. The molecule has 51 heavy (non-hydrogen) atoms.